The van der Waals surface area contributed by atoms with Crippen molar-refractivity contribution in [3.05, 3.63) is 82.4 Å². The molecule has 6 nitrogen and oxygen atoms in total. The molecule has 2 N–H and O–H groups in total. The van der Waals surface area contributed by atoms with Gasteiger partial charge in [-0.15, -0.1) is 0 Å². The molecule has 0 radical (unpaired) electrons. The van der Waals surface area contributed by atoms with E-state index in [1.54, 1.807) is 30.3 Å². The van der Waals surface area contributed by atoms with Crippen LogP contribution in [0.3, 0.4) is 0 Å². The Morgan fingerprint density at radius 3 is 1.87 bits per heavy atom. The van der Waals surface area contributed by atoms with Crippen molar-refractivity contribution in [3.8, 4) is 11.5 Å². The van der Waals surface area contributed by atoms with E-state index in [2.05, 4.69) is 10.6 Å². The predicted octanol–water partition coefficient (Wildman–Crippen LogP) is 5.14. The van der Waals surface area contributed by atoms with Gasteiger partial charge in [0.25, 0.3) is 11.8 Å². The number of halogens is 3. The Morgan fingerprint density at radius 1 is 0.806 bits per heavy atom. The van der Waals surface area contributed by atoms with Crippen molar-refractivity contribution in [3.63, 3.8) is 0 Å². The highest BCUT2D eigenvalue weighted by molar-refractivity contribution is 6.34. The van der Waals surface area contributed by atoms with Crippen LogP contribution in [0.2, 0.25) is 5.02 Å². The third kappa shape index (κ3) is 4.92. The van der Waals surface area contributed by atoms with Gasteiger partial charge in [-0.3, -0.25) is 9.59 Å². The zero-order chi connectivity index (χ0) is 22.5. The Balaban J connectivity index is 1.91. The van der Waals surface area contributed by atoms with Crippen LogP contribution in [-0.4, -0.2) is 26.0 Å². The summed E-state index contributed by atoms with van der Waals surface area (Å²) in [5, 5.41) is 4.99. The molecule has 0 unspecified atom stereocenters. The molecule has 3 rings (SSSR count). The summed E-state index contributed by atoms with van der Waals surface area (Å²) in [6, 6.07) is 12.9. The largest absolute Gasteiger partial charge is 0.494 e. The highest BCUT2D eigenvalue weighted by atomic mass is 35.5. The second kappa shape index (κ2) is 9.44. The highest BCUT2D eigenvalue weighted by Crippen LogP contribution is 2.37. The molecule has 2 amide bonds. The molecule has 3 aromatic carbocycles. The molecule has 9 heteroatoms. The average Bonchev–Trinajstić information content (AvgIpc) is 2.77. The van der Waals surface area contributed by atoms with Gasteiger partial charge in [0.15, 0.2) is 11.6 Å². The zero-order valence-corrected chi connectivity index (χ0v) is 17.2. The lowest BCUT2D eigenvalue weighted by Crippen LogP contribution is -2.15. The van der Waals surface area contributed by atoms with Crippen LogP contribution in [0.1, 0.15) is 20.7 Å². The summed E-state index contributed by atoms with van der Waals surface area (Å²) in [5.41, 5.74) is 0.650. The van der Waals surface area contributed by atoms with E-state index >= 15 is 0 Å². The summed E-state index contributed by atoms with van der Waals surface area (Å²) in [5.74, 6) is -3.11. The second-order valence-electron chi connectivity index (χ2n) is 6.27. The van der Waals surface area contributed by atoms with Crippen molar-refractivity contribution in [2.24, 2.45) is 0 Å². The van der Waals surface area contributed by atoms with Crippen molar-refractivity contribution in [1.29, 1.82) is 0 Å². The Kier molecular flexibility index (Phi) is 6.71. The lowest BCUT2D eigenvalue weighted by Gasteiger charge is -2.16. The third-order valence-corrected chi connectivity index (χ3v) is 4.62. The molecule has 0 atom stereocenters. The minimum atomic E-state index is -1.21. The van der Waals surface area contributed by atoms with Crippen LogP contribution in [0.25, 0.3) is 0 Å². The van der Waals surface area contributed by atoms with Crippen LogP contribution < -0.4 is 20.1 Å². The number of methoxy groups -OCH3 is 2. The summed E-state index contributed by atoms with van der Waals surface area (Å²) in [7, 11) is 2.75. The van der Waals surface area contributed by atoms with E-state index in [0.29, 0.717) is 23.4 Å². The Hall–Kier alpha value is -3.65. The van der Waals surface area contributed by atoms with Gasteiger partial charge in [-0.1, -0.05) is 29.8 Å². The van der Waals surface area contributed by atoms with E-state index in [9.17, 15) is 18.4 Å². The molecule has 0 aromatic heterocycles. The molecule has 0 aliphatic rings. The molecule has 0 saturated heterocycles. The lowest BCUT2D eigenvalue weighted by molar-refractivity contribution is 0.101. The first kappa shape index (κ1) is 22.0. The fourth-order valence-electron chi connectivity index (χ4n) is 2.76. The molecule has 0 aliphatic carbocycles. The third-order valence-electron chi connectivity index (χ3n) is 4.31. The molecular weight excluding hydrogens is 430 g/mol. The number of hydrogen-bond donors (Lipinski definition) is 2. The van der Waals surface area contributed by atoms with Crippen molar-refractivity contribution >= 4 is 34.8 Å². The van der Waals surface area contributed by atoms with Crippen LogP contribution in [-0.2, 0) is 0 Å². The van der Waals surface area contributed by atoms with E-state index in [1.165, 1.54) is 26.4 Å². The smallest absolute Gasteiger partial charge is 0.257 e. The maximum Gasteiger partial charge on any atom is 0.257 e. The van der Waals surface area contributed by atoms with Gasteiger partial charge in [-0.05, 0) is 24.3 Å². The van der Waals surface area contributed by atoms with E-state index in [1.807, 2.05) is 0 Å². The minimum Gasteiger partial charge on any atom is -0.494 e. The van der Waals surface area contributed by atoms with Gasteiger partial charge in [-0.2, -0.15) is 0 Å². The van der Waals surface area contributed by atoms with E-state index in [0.717, 1.165) is 0 Å². The fraction of sp³-hybridized carbons (Fsp3) is 0.0909. The zero-order valence-electron chi connectivity index (χ0n) is 16.5. The number of anilines is 2. The van der Waals surface area contributed by atoms with Gasteiger partial charge in [0.05, 0.1) is 36.2 Å². The first-order valence-electron chi connectivity index (χ1n) is 8.92. The van der Waals surface area contributed by atoms with Crippen LogP contribution in [0, 0.1) is 11.6 Å². The van der Waals surface area contributed by atoms with Gasteiger partial charge < -0.3 is 20.1 Å². The lowest BCUT2D eigenvalue weighted by atomic mass is 10.1. The molecule has 160 valence electrons. The topological polar surface area (TPSA) is 76.7 Å². The molecule has 0 fully saturated rings. The van der Waals surface area contributed by atoms with Gasteiger partial charge >= 0.3 is 0 Å². The second-order valence-corrected chi connectivity index (χ2v) is 6.68. The molecule has 0 spiro atoms. The molecule has 0 aliphatic heterocycles. The average molecular weight is 447 g/mol. The molecule has 31 heavy (non-hydrogen) atoms. The number of benzene rings is 3. The molecule has 0 heterocycles. The number of hydrogen-bond acceptors (Lipinski definition) is 4. The quantitative estimate of drug-likeness (QED) is 0.514. The first-order valence-corrected chi connectivity index (χ1v) is 9.30. The fourth-order valence-corrected chi connectivity index (χ4v) is 3.00. The molecule has 0 saturated carbocycles. The van der Waals surface area contributed by atoms with Gasteiger partial charge in [-0.25, -0.2) is 8.78 Å². The van der Waals surface area contributed by atoms with Gasteiger partial charge in [0, 0.05) is 17.7 Å². The highest BCUT2D eigenvalue weighted by Gasteiger charge is 2.19. The van der Waals surface area contributed by atoms with Gasteiger partial charge in [0.2, 0.25) is 0 Å². The predicted molar refractivity (Wildman–Crippen MR) is 113 cm³/mol. The number of carbonyl (C=O) groups is 2. The van der Waals surface area contributed by atoms with Crippen LogP contribution in [0.5, 0.6) is 11.5 Å². The van der Waals surface area contributed by atoms with Crippen LogP contribution in [0.4, 0.5) is 20.2 Å². The summed E-state index contributed by atoms with van der Waals surface area (Å²) in [4.78, 5) is 25.0. The maximum atomic E-state index is 13.5. The van der Waals surface area contributed by atoms with Crippen LogP contribution in [0.15, 0.2) is 54.6 Å². The van der Waals surface area contributed by atoms with Crippen molar-refractivity contribution in [2.45, 2.75) is 0 Å². The van der Waals surface area contributed by atoms with Gasteiger partial charge in [0.1, 0.15) is 11.5 Å². The minimum absolute atomic E-state index is 0.169. The van der Waals surface area contributed by atoms with Crippen molar-refractivity contribution in [1.82, 2.24) is 0 Å². The summed E-state index contributed by atoms with van der Waals surface area (Å²) in [6.45, 7) is 0. The van der Waals surface area contributed by atoms with Crippen molar-refractivity contribution < 1.29 is 27.8 Å². The molecular formula is C22H17ClF2N2O4. The van der Waals surface area contributed by atoms with E-state index in [-0.39, 0.29) is 33.7 Å². The van der Waals surface area contributed by atoms with E-state index in [4.69, 9.17) is 21.1 Å². The SMILES string of the molecule is COc1cc(NC(=O)c2cc(F)c(F)cc2Cl)c(OC)cc1NC(=O)c1ccccc1. The number of rotatable bonds is 6. The summed E-state index contributed by atoms with van der Waals surface area (Å²) in [6.07, 6.45) is 0. The number of carbonyl (C=O) groups excluding carboxylic acids is 2. The Labute approximate surface area is 181 Å². The standard InChI is InChI=1S/C22H17ClF2N2O4/c1-30-19-11-18(27-22(29)13-8-15(24)16(25)9-14(13)23)20(31-2)10-17(19)26-21(28)12-6-4-3-5-7-12/h3-11H,1-2H3,(H,26,28)(H,27,29). The Bertz CT molecular complexity index is 1140. The summed E-state index contributed by atoms with van der Waals surface area (Å²) >= 11 is 5.86. The number of nitrogens with one attached hydrogen (secondary N) is 2. The monoisotopic (exact) mass is 446 g/mol. The Morgan fingerprint density at radius 2 is 1.32 bits per heavy atom. The summed E-state index contributed by atoms with van der Waals surface area (Å²) < 4.78 is 37.4. The maximum absolute atomic E-state index is 13.5. The molecule has 0 bridgehead atoms. The van der Waals surface area contributed by atoms with Crippen molar-refractivity contribution in [2.75, 3.05) is 24.9 Å². The van der Waals surface area contributed by atoms with Crippen LogP contribution >= 0.6 is 11.6 Å². The molecule has 3 aromatic rings. The normalized spacial score (nSPS) is 10.4. The first-order chi connectivity index (χ1) is 14.8. The number of ether oxygens (including phenoxy) is 2. The number of amides is 2. The van der Waals surface area contributed by atoms with E-state index < -0.39 is 17.5 Å².